The van der Waals surface area contributed by atoms with Gasteiger partial charge in [0.05, 0.1) is 5.69 Å². The van der Waals surface area contributed by atoms with Gasteiger partial charge >= 0.3 is 0 Å². The Hall–Kier alpha value is -1.42. The summed E-state index contributed by atoms with van der Waals surface area (Å²) in [4.78, 5) is 6.77. The van der Waals surface area contributed by atoms with Crippen molar-refractivity contribution in [3.63, 3.8) is 0 Å². The number of halogens is 1. The summed E-state index contributed by atoms with van der Waals surface area (Å²) in [7, 11) is 0. The van der Waals surface area contributed by atoms with E-state index in [1.165, 1.54) is 5.56 Å². The summed E-state index contributed by atoms with van der Waals surface area (Å²) in [5.41, 5.74) is 2.24. The standard InChI is InChI=1S/C18H24ClN3/c1-3-22(4-2)18(16-10-5-6-11-17(16)19)14-20-13-15-9-7-8-12-21-15/h5-12,18,20H,3-4,13-14H2,1-2H3. The van der Waals surface area contributed by atoms with Crippen molar-refractivity contribution in [3.05, 3.63) is 64.9 Å². The largest absolute Gasteiger partial charge is 0.309 e. The Balaban J connectivity index is 2.07. The molecule has 118 valence electrons. The first-order valence-corrected chi connectivity index (χ1v) is 8.23. The summed E-state index contributed by atoms with van der Waals surface area (Å²) in [6.45, 7) is 7.98. The molecular weight excluding hydrogens is 294 g/mol. The molecule has 1 aromatic carbocycles. The van der Waals surface area contributed by atoms with Crippen molar-refractivity contribution >= 4 is 11.6 Å². The van der Waals surface area contributed by atoms with Crippen LogP contribution in [0.15, 0.2) is 48.7 Å². The lowest BCUT2D eigenvalue weighted by molar-refractivity contribution is 0.213. The number of nitrogens with one attached hydrogen (secondary N) is 1. The molecule has 0 aliphatic carbocycles. The second-order valence-electron chi connectivity index (χ2n) is 5.21. The van der Waals surface area contributed by atoms with E-state index < -0.39 is 0 Å². The number of hydrogen-bond acceptors (Lipinski definition) is 3. The van der Waals surface area contributed by atoms with Gasteiger partial charge in [-0.3, -0.25) is 9.88 Å². The average molecular weight is 318 g/mol. The van der Waals surface area contributed by atoms with Crippen molar-refractivity contribution in [1.82, 2.24) is 15.2 Å². The maximum atomic E-state index is 6.41. The fraction of sp³-hybridized carbons (Fsp3) is 0.389. The van der Waals surface area contributed by atoms with Crippen LogP contribution in [0.3, 0.4) is 0 Å². The number of pyridine rings is 1. The van der Waals surface area contributed by atoms with Crippen molar-refractivity contribution in [2.45, 2.75) is 26.4 Å². The van der Waals surface area contributed by atoms with E-state index in [-0.39, 0.29) is 6.04 Å². The first kappa shape index (κ1) is 16.9. The van der Waals surface area contributed by atoms with Gasteiger partial charge < -0.3 is 5.32 Å². The minimum absolute atomic E-state index is 0.271. The highest BCUT2D eigenvalue weighted by atomic mass is 35.5. The van der Waals surface area contributed by atoms with E-state index in [4.69, 9.17) is 11.6 Å². The van der Waals surface area contributed by atoms with Crippen molar-refractivity contribution in [3.8, 4) is 0 Å². The van der Waals surface area contributed by atoms with Crippen LogP contribution in [0, 0.1) is 0 Å². The lowest BCUT2D eigenvalue weighted by atomic mass is 10.0. The highest BCUT2D eigenvalue weighted by molar-refractivity contribution is 6.31. The highest BCUT2D eigenvalue weighted by Gasteiger charge is 2.19. The molecule has 0 aliphatic heterocycles. The molecule has 1 aromatic heterocycles. The molecule has 2 rings (SSSR count). The van der Waals surface area contributed by atoms with Gasteiger partial charge in [-0.1, -0.05) is 49.7 Å². The molecule has 1 atom stereocenters. The summed E-state index contributed by atoms with van der Waals surface area (Å²) >= 11 is 6.41. The van der Waals surface area contributed by atoms with Crippen LogP contribution in [-0.4, -0.2) is 29.5 Å². The predicted molar refractivity (Wildman–Crippen MR) is 93.1 cm³/mol. The summed E-state index contributed by atoms with van der Waals surface area (Å²) < 4.78 is 0. The Morgan fingerprint density at radius 2 is 1.82 bits per heavy atom. The molecule has 0 fully saturated rings. The van der Waals surface area contributed by atoms with Crippen molar-refractivity contribution in [2.75, 3.05) is 19.6 Å². The second kappa shape index (κ2) is 8.89. The number of hydrogen-bond donors (Lipinski definition) is 1. The summed E-state index contributed by atoms with van der Waals surface area (Å²) in [6.07, 6.45) is 1.83. The topological polar surface area (TPSA) is 28.2 Å². The molecule has 0 aliphatic rings. The number of rotatable bonds is 8. The monoisotopic (exact) mass is 317 g/mol. The highest BCUT2D eigenvalue weighted by Crippen LogP contribution is 2.26. The van der Waals surface area contributed by atoms with E-state index in [2.05, 4.69) is 41.2 Å². The van der Waals surface area contributed by atoms with Crippen LogP contribution < -0.4 is 5.32 Å². The van der Waals surface area contributed by atoms with Gasteiger partial charge in [0.2, 0.25) is 0 Å². The van der Waals surface area contributed by atoms with E-state index >= 15 is 0 Å². The first-order valence-electron chi connectivity index (χ1n) is 7.85. The van der Waals surface area contributed by atoms with Gasteiger partial charge in [-0.25, -0.2) is 0 Å². The van der Waals surface area contributed by atoms with Crippen LogP contribution in [0.1, 0.15) is 31.1 Å². The Morgan fingerprint density at radius 3 is 2.45 bits per heavy atom. The van der Waals surface area contributed by atoms with Gasteiger partial charge in [-0.2, -0.15) is 0 Å². The summed E-state index contributed by atoms with van der Waals surface area (Å²) in [5, 5.41) is 4.35. The molecule has 22 heavy (non-hydrogen) atoms. The molecule has 0 spiro atoms. The summed E-state index contributed by atoms with van der Waals surface area (Å²) in [6, 6.07) is 14.4. The Labute approximate surface area is 138 Å². The maximum Gasteiger partial charge on any atom is 0.0541 e. The van der Waals surface area contributed by atoms with Gasteiger partial charge in [-0.05, 0) is 36.9 Å². The average Bonchev–Trinajstić information content (AvgIpc) is 2.56. The number of benzene rings is 1. The predicted octanol–water partition coefficient (Wildman–Crippen LogP) is 3.91. The molecule has 1 unspecified atom stereocenters. The fourth-order valence-electron chi connectivity index (χ4n) is 2.69. The lowest BCUT2D eigenvalue weighted by Gasteiger charge is -2.31. The van der Waals surface area contributed by atoms with Crippen LogP contribution in [0.5, 0.6) is 0 Å². The minimum Gasteiger partial charge on any atom is -0.309 e. The second-order valence-corrected chi connectivity index (χ2v) is 5.62. The fourth-order valence-corrected chi connectivity index (χ4v) is 2.95. The van der Waals surface area contributed by atoms with Crippen LogP contribution in [-0.2, 0) is 6.54 Å². The molecule has 1 N–H and O–H groups in total. The number of aromatic nitrogens is 1. The zero-order valence-corrected chi connectivity index (χ0v) is 14.1. The van der Waals surface area contributed by atoms with Crippen LogP contribution >= 0.6 is 11.6 Å². The molecule has 0 saturated carbocycles. The number of likely N-dealkylation sites (N-methyl/N-ethyl adjacent to an activating group) is 1. The summed E-state index contributed by atoms with van der Waals surface area (Å²) in [5.74, 6) is 0. The number of nitrogens with zero attached hydrogens (tertiary/aromatic N) is 2. The molecular formula is C18H24ClN3. The van der Waals surface area contributed by atoms with Gasteiger partial charge in [0.25, 0.3) is 0 Å². The molecule has 4 heteroatoms. The molecule has 0 saturated heterocycles. The van der Waals surface area contributed by atoms with E-state index in [1.807, 2.05) is 36.5 Å². The molecule has 0 bridgehead atoms. The third kappa shape index (κ3) is 4.54. The molecule has 2 aromatic rings. The van der Waals surface area contributed by atoms with Gasteiger partial charge in [0.1, 0.15) is 0 Å². The lowest BCUT2D eigenvalue weighted by Crippen LogP contribution is -2.36. The third-order valence-electron chi connectivity index (χ3n) is 3.89. The van der Waals surface area contributed by atoms with Crippen LogP contribution in [0.2, 0.25) is 5.02 Å². The smallest absolute Gasteiger partial charge is 0.0541 e. The normalized spacial score (nSPS) is 12.5. The van der Waals surface area contributed by atoms with Crippen molar-refractivity contribution in [1.29, 1.82) is 0 Å². The Morgan fingerprint density at radius 1 is 1.09 bits per heavy atom. The van der Waals surface area contributed by atoms with Gasteiger partial charge in [-0.15, -0.1) is 0 Å². The molecule has 3 nitrogen and oxygen atoms in total. The molecule has 0 amide bonds. The first-order chi connectivity index (χ1) is 10.8. The van der Waals surface area contributed by atoms with E-state index in [1.54, 1.807) is 0 Å². The Bertz CT molecular complexity index is 555. The zero-order valence-electron chi connectivity index (χ0n) is 13.3. The van der Waals surface area contributed by atoms with Crippen LogP contribution in [0.4, 0.5) is 0 Å². The SMILES string of the molecule is CCN(CC)C(CNCc1ccccn1)c1ccccc1Cl. The van der Waals surface area contributed by atoms with E-state index in [0.717, 1.165) is 36.9 Å². The van der Waals surface area contributed by atoms with E-state index in [0.29, 0.717) is 0 Å². The van der Waals surface area contributed by atoms with Crippen molar-refractivity contribution in [2.24, 2.45) is 0 Å². The quantitative estimate of drug-likeness (QED) is 0.800. The van der Waals surface area contributed by atoms with Gasteiger partial charge in [0, 0.05) is 30.4 Å². The van der Waals surface area contributed by atoms with E-state index in [9.17, 15) is 0 Å². The molecule has 1 heterocycles. The molecule has 0 radical (unpaired) electrons. The zero-order chi connectivity index (χ0) is 15.8. The third-order valence-corrected chi connectivity index (χ3v) is 4.23. The van der Waals surface area contributed by atoms with Gasteiger partial charge in [0.15, 0.2) is 0 Å². The minimum atomic E-state index is 0.271. The van der Waals surface area contributed by atoms with Crippen molar-refractivity contribution < 1.29 is 0 Å². The van der Waals surface area contributed by atoms with Crippen LogP contribution in [0.25, 0.3) is 0 Å². The maximum absolute atomic E-state index is 6.41. The Kier molecular flexibility index (Phi) is 6.84.